The van der Waals surface area contributed by atoms with Crippen LogP contribution in [0.1, 0.15) is 69.3 Å². The summed E-state index contributed by atoms with van der Waals surface area (Å²) in [6.45, 7) is 6.75. The summed E-state index contributed by atoms with van der Waals surface area (Å²) < 4.78 is 47.4. The van der Waals surface area contributed by atoms with Crippen LogP contribution in [0, 0.1) is 11.2 Å². The number of carbonyl (C=O) groups excluding carboxylic acids is 3. The zero-order chi connectivity index (χ0) is 28.8. The van der Waals surface area contributed by atoms with Crippen LogP contribution in [0.15, 0.2) is 41.3 Å². The van der Waals surface area contributed by atoms with Crippen LogP contribution in [0.3, 0.4) is 0 Å². The van der Waals surface area contributed by atoms with Crippen molar-refractivity contribution in [3.63, 3.8) is 0 Å². The maximum absolute atomic E-state index is 15.3. The molecule has 1 fully saturated rings. The first kappa shape index (κ1) is 29.0. The number of hydrogen-bond donors (Lipinski definition) is 1. The highest BCUT2D eigenvalue weighted by atomic mass is 35.5. The van der Waals surface area contributed by atoms with Gasteiger partial charge in [0.25, 0.3) is 5.91 Å². The van der Waals surface area contributed by atoms with E-state index < -0.39 is 55.7 Å². The summed E-state index contributed by atoms with van der Waals surface area (Å²) in [6.07, 6.45) is 1.83. The molecule has 1 aliphatic heterocycles. The molecule has 1 N–H and O–H groups in total. The number of fused-ring (bicyclic) bond motifs is 1. The van der Waals surface area contributed by atoms with Crippen LogP contribution >= 0.6 is 11.6 Å². The summed E-state index contributed by atoms with van der Waals surface area (Å²) in [5.41, 5.74) is -0.911. The fourth-order valence-electron chi connectivity index (χ4n) is 4.83. The molecule has 1 aliphatic carbocycles. The molecule has 210 valence electrons. The van der Waals surface area contributed by atoms with Gasteiger partial charge in [-0.25, -0.2) is 17.6 Å². The molecule has 2 aliphatic rings. The lowest BCUT2D eigenvalue weighted by atomic mass is 9.67. The Kier molecular flexibility index (Phi) is 7.84. The number of anilines is 1. The van der Waals surface area contributed by atoms with Crippen molar-refractivity contribution in [2.45, 2.75) is 76.5 Å². The molecular formula is C28H32ClFN2O6S. The van der Waals surface area contributed by atoms with E-state index in [-0.39, 0.29) is 29.6 Å². The van der Waals surface area contributed by atoms with Crippen molar-refractivity contribution >= 4 is 44.9 Å². The number of nitrogens with zero attached hydrogens (tertiary/aromatic N) is 1. The van der Waals surface area contributed by atoms with Gasteiger partial charge in [0.05, 0.1) is 28.4 Å². The highest BCUT2D eigenvalue weighted by molar-refractivity contribution is 7.91. The molecule has 0 unspecified atom stereocenters. The SMILES string of the molecule is CC1(CC(=O)c2cc3c(cc2F)S(=O)(=O)C[C@H](NC(=O)OC(C)(C)C)C(=O)N3Cc2ccc(Cl)cc2)CCC1. The summed E-state index contributed by atoms with van der Waals surface area (Å²) in [6, 6.07) is 7.00. The molecule has 0 aromatic heterocycles. The van der Waals surface area contributed by atoms with Gasteiger partial charge in [0, 0.05) is 11.4 Å². The molecule has 0 saturated heterocycles. The average Bonchev–Trinajstić information content (AvgIpc) is 2.86. The number of alkyl carbamates (subject to hydrolysis) is 1. The zero-order valence-electron chi connectivity index (χ0n) is 22.3. The van der Waals surface area contributed by atoms with E-state index in [4.69, 9.17) is 16.3 Å². The van der Waals surface area contributed by atoms with Gasteiger partial charge in [-0.05, 0) is 68.9 Å². The number of carbonyl (C=O) groups is 3. The third kappa shape index (κ3) is 6.61. The molecular weight excluding hydrogens is 547 g/mol. The number of nitrogens with one attached hydrogen (secondary N) is 1. The van der Waals surface area contributed by atoms with E-state index in [1.807, 2.05) is 6.92 Å². The lowest BCUT2D eigenvalue weighted by molar-refractivity contribution is -0.120. The quantitative estimate of drug-likeness (QED) is 0.456. The molecule has 1 heterocycles. The van der Waals surface area contributed by atoms with E-state index in [2.05, 4.69) is 5.32 Å². The van der Waals surface area contributed by atoms with E-state index in [0.29, 0.717) is 10.6 Å². The second-order valence-electron chi connectivity index (χ2n) is 11.6. The molecule has 0 spiro atoms. The summed E-state index contributed by atoms with van der Waals surface area (Å²) in [4.78, 5) is 40.2. The minimum atomic E-state index is -4.28. The maximum Gasteiger partial charge on any atom is 0.408 e. The Morgan fingerprint density at radius 2 is 1.82 bits per heavy atom. The molecule has 2 aromatic carbocycles. The molecule has 2 amide bonds. The van der Waals surface area contributed by atoms with E-state index in [0.717, 1.165) is 36.3 Å². The number of hydrogen-bond acceptors (Lipinski definition) is 6. The number of amides is 2. The first-order chi connectivity index (χ1) is 18.1. The average molecular weight is 579 g/mol. The molecule has 1 saturated carbocycles. The third-order valence-electron chi connectivity index (χ3n) is 7.02. The van der Waals surface area contributed by atoms with Crippen molar-refractivity contribution in [2.75, 3.05) is 10.7 Å². The van der Waals surface area contributed by atoms with Gasteiger partial charge in [-0.2, -0.15) is 0 Å². The van der Waals surface area contributed by atoms with Crippen LogP contribution in [0.25, 0.3) is 0 Å². The van der Waals surface area contributed by atoms with Gasteiger partial charge in [0.15, 0.2) is 15.6 Å². The Morgan fingerprint density at radius 1 is 1.18 bits per heavy atom. The molecule has 0 bridgehead atoms. The monoisotopic (exact) mass is 578 g/mol. The van der Waals surface area contributed by atoms with Crippen LogP contribution in [-0.2, 0) is 25.9 Å². The lowest BCUT2D eigenvalue weighted by Crippen LogP contribution is -2.51. The number of ketones is 1. The summed E-state index contributed by atoms with van der Waals surface area (Å²) in [5.74, 6) is -2.97. The topological polar surface area (TPSA) is 110 Å². The Balaban J connectivity index is 1.79. The molecule has 2 aromatic rings. The van der Waals surface area contributed by atoms with Crippen molar-refractivity contribution in [3.05, 3.63) is 58.4 Å². The highest BCUT2D eigenvalue weighted by Gasteiger charge is 2.41. The molecule has 11 heteroatoms. The van der Waals surface area contributed by atoms with Crippen LogP contribution < -0.4 is 10.2 Å². The predicted octanol–water partition coefficient (Wildman–Crippen LogP) is 5.46. The number of halogens is 2. The fraction of sp³-hybridized carbons (Fsp3) is 0.464. The smallest absolute Gasteiger partial charge is 0.408 e. The van der Waals surface area contributed by atoms with E-state index in [9.17, 15) is 22.8 Å². The van der Waals surface area contributed by atoms with E-state index >= 15 is 4.39 Å². The van der Waals surface area contributed by atoms with E-state index in [1.165, 1.54) is 0 Å². The largest absolute Gasteiger partial charge is 0.444 e. The van der Waals surface area contributed by atoms with Gasteiger partial charge in [-0.3, -0.25) is 9.59 Å². The normalized spacial score (nSPS) is 19.9. The Bertz CT molecular complexity index is 1410. The minimum absolute atomic E-state index is 0.109. The zero-order valence-corrected chi connectivity index (χ0v) is 23.9. The fourth-order valence-corrected chi connectivity index (χ4v) is 6.57. The van der Waals surface area contributed by atoms with Crippen LogP contribution in [0.2, 0.25) is 5.02 Å². The van der Waals surface area contributed by atoms with Gasteiger partial charge in [-0.1, -0.05) is 37.1 Å². The van der Waals surface area contributed by atoms with Gasteiger partial charge in [0.1, 0.15) is 17.5 Å². The summed E-state index contributed by atoms with van der Waals surface area (Å²) in [5, 5.41) is 2.83. The second kappa shape index (κ2) is 10.5. The number of benzene rings is 2. The van der Waals surface area contributed by atoms with Crippen molar-refractivity contribution in [2.24, 2.45) is 5.41 Å². The Hall–Kier alpha value is -2.98. The Labute approximate surface area is 232 Å². The molecule has 8 nitrogen and oxygen atoms in total. The van der Waals surface area contributed by atoms with Gasteiger partial charge < -0.3 is 15.0 Å². The first-order valence-corrected chi connectivity index (χ1v) is 14.7. The lowest BCUT2D eigenvalue weighted by Gasteiger charge is -2.37. The van der Waals surface area contributed by atoms with Crippen molar-refractivity contribution in [1.82, 2.24) is 5.32 Å². The number of ether oxygens (including phenoxy) is 1. The Morgan fingerprint density at radius 3 is 2.38 bits per heavy atom. The standard InChI is InChI=1S/C28H32ClFN2O6S/c1-27(2,3)38-26(35)31-21-16-39(36,37)24-13-20(30)19(23(33)14-28(4)10-5-11-28)12-22(24)32(25(21)34)15-17-6-8-18(29)9-7-17/h6-9,12-13,21H,5,10-11,14-16H2,1-4H3,(H,31,35)/t21-/m0/s1. The van der Waals surface area contributed by atoms with Gasteiger partial charge in [-0.15, -0.1) is 0 Å². The van der Waals surface area contributed by atoms with E-state index in [1.54, 1.807) is 45.0 Å². The minimum Gasteiger partial charge on any atom is -0.444 e. The maximum atomic E-state index is 15.3. The highest BCUT2D eigenvalue weighted by Crippen LogP contribution is 2.44. The summed E-state index contributed by atoms with van der Waals surface area (Å²) in [7, 11) is -4.28. The first-order valence-electron chi connectivity index (χ1n) is 12.7. The number of sulfone groups is 1. The molecule has 1 atom stereocenters. The third-order valence-corrected chi connectivity index (χ3v) is 9.04. The van der Waals surface area contributed by atoms with Crippen LogP contribution in [0.5, 0.6) is 0 Å². The van der Waals surface area contributed by atoms with Crippen LogP contribution in [-0.4, -0.2) is 43.6 Å². The number of rotatable bonds is 6. The van der Waals surface area contributed by atoms with Gasteiger partial charge in [0.2, 0.25) is 0 Å². The van der Waals surface area contributed by atoms with Crippen molar-refractivity contribution in [1.29, 1.82) is 0 Å². The molecule has 0 radical (unpaired) electrons. The summed E-state index contributed by atoms with van der Waals surface area (Å²) >= 11 is 6.00. The van der Waals surface area contributed by atoms with Crippen molar-refractivity contribution in [3.8, 4) is 0 Å². The molecule has 4 rings (SSSR count). The predicted molar refractivity (Wildman–Crippen MR) is 145 cm³/mol. The molecule has 39 heavy (non-hydrogen) atoms. The van der Waals surface area contributed by atoms with Gasteiger partial charge >= 0.3 is 6.09 Å². The van der Waals surface area contributed by atoms with Crippen LogP contribution in [0.4, 0.5) is 14.9 Å². The second-order valence-corrected chi connectivity index (χ2v) is 14.0. The van der Waals surface area contributed by atoms with Crippen molar-refractivity contribution < 1.29 is 31.9 Å². The number of Topliss-reactive ketones (excluding diaryl/α,β-unsaturated/α-hetero) is 1.